The Hall–Kier alpha value is -2.74. The minimum absolute atomic E-state index is 0.0784. The Balaban J connectivity index is 1.56. The first-order valence-electron chi connectivity index (χ1n) is 9.85. The first kappa shape index (κ1) is 22.9. The molecule has 5 nitrogen and oxygen atoms in total. The van der Waals surface area contributed by atoms with Gasteiger partial charge in [0.2, 0.25) is 5.91 Å². The van der Waals surface area contributed by atoms with Crippen LogP contribution in [0, 0.1) is 0 Å². The molecule has 166 valence electrons. The second-order valence-corrected chi connectivity index (χ2v) is 7.96. The third-order valence-corrected chi connectivity index (χ3v) is 5.48. The number of carbonyl (C=O) groups is 2. The lowest BCUT2D eigenvalue weighted by Gasteiger charge is -2.28. The lowest BCUT2D eigenvalue weighted by molar-refractivity contribution is -0.137. The third-order valence-electron chi connectivity index (χ3n) is 5.23. The number of rotatable bonds is 5. The summed E-state index contributed by atoms with van der Waals surface area (Å²) in [4.78, 5) is 28.6. The van der Waals surface area contributed by atoms with Gasteiger partial charge < -0.3 is 15.1 Å². The molecule has 1 N–H and O–H groups in total. The summed E-state index contributed by atoms with van der Waals surface area (Å²) in [6.07, 6.45) is -3.13. The fraction of sp³-hybridized carbons (Fsp3) is 0.364. The lowest BCUT2D eigenvalue weighted by Crippen LogP contribution is -2.49. The van der Waals surface area contributed by atoms with Gasteiger partial charge in [0.15, 0.2) is 0 Å². The average molecular weight is 454 g/mol. The SMILES string of the molecule is CN(Cc1ccc(Cl)cc1)C(=O)C1CCCN1C(=O)NCc1ccc(C(F)(F)F)cc1. The Bertz CT molecular complexity index is 917. The van der Waals surface area contributed by atoms with E-state index < -0.39 is 23.8 Å². The zero-order valence-electron chi connectivity index (χ0n) is 17.0. The van der Waals surface area contributed by atoms with Crippen LogP contribution in [0.25, 0.3) is 0 Å². The molecule has 0 aromatic heterocycles. The number of nitrogens with one attached hydrogen (secondary N) is 1. The molecule has 3 amide bonds. The number of alkyl halides is 3. The average Bonchev–Trinajstić information content (AvgIpc) is 3.22. The zero-order valence-corrected chi connectivity index (χ0v) is 17.7. The van der Waals surface area contributed by atoms with Gasteiger partial charge in [-0.1, -0.05) is 35.9 Å². The van der Waals surface area contributed by atoms with Crippen molar-refractivity contribution >= 4 is 23.5 Å². The monoisotopic (exact) mass is 453 g/mol. The molecule has 31 heavy (non-hydrogen) atoms. The van der Waals surface area contributed by atoms with Crippen LogP contribution in [-0.2, 0) is 24.1 Å². The molecule has 3 rings (SSSR count). The zero-order chi connectivity index (χ0) is 22.6. The highest BCUT2D eigenvalue weighted by Gasteiger charge is 2.35. The summed E-state index contributed by atoms with van der Waals surface area (Å²) >= 11 is 5.89. The smallest absolute Gasteiger partial charge is 0.340 e. The number of hydrogen-bond acceptors (Lipinski definition) is 2. The molecule has 1 unspecified atom stereocenters. The van der Waals surface area contributed by atoms with E-state index in [0.717, 1.165) is 17.7 Å². The minimum Gasteiger partial charge on any atom is -0.340 e. The molecule has 0 saturated carbocycles. The van der Waals surface area contributed by atoms with Gasteiger partial charge in [-0.25, -0.2) is 4.79 Å². The maximum atomic E-state index is 12.9. The Labute approximate surface area is 183 Å². The van der Waals surface area contributed by atoms with Crippen LogP contribution in [0.3, 0.4) is 0 Å². The van der Waals surface area contributed by atoms with Crippen molar-refractivity contribution in [2.24, 2.45) is 0 Å². The van der Waals surface area contributed by atoms with Crippen molar-refractivity contribution in [3.05, 3.63) is 70.2 Å². The number of halogens is 4. The number of likely N-dealkylation sites (tertiary alicyclic amines) is 1. The van der Waals surface area contributed by atoms with E-state index >= 15 is 0 Å². The Morgan fingerprint density at radius 3 is 2.32 bits per heavy atom. The number of carbonyl (C=O) groups excluding carboxylic acids is 2. The van der Waals surface area contributed by atoms with E-state index in [9.17, 15) is 22.8 Å². The molecule has 0 bridgehead atoms. The highest BCUT2D eigenvalue weighted by molar-refractivity contribution is 6.30. The van der Waals surface area contributed by atoms with Gasteiger partial charge in [0.1, 0.15) is 6.04 Å². The molecular weight excluding hydrogens is 431 g/mol. The molecule has 0 aliphatic carbocycles. The van der Waals surface area contributed by atoms with E-state index in [4.69, 9.17) is 11.6 Å². The molecule has 1 saturated heterocycles. The summed E-state index contributed by atoms with van der Waals surface area (Å²) in [5.41, 5.74) is 0.733. The molecule has 0 spiro atoms. The Morgan fingerprint density at radius 1 is 1.10 bits per heavy atom. The van der Waals surface area contributed by atoms with Gasteiger partial charge in [0, 0.05) is 31.7 Å². The van der Waals surface area contributed by atoms with Crippen molar-refractivity contribution in [3.8, 4) is 0 Å². The molecule has 1 aliphatic rings. The topological polar surface area (TPSA) is 52.7 Å². The molecule has 1 atom stereocenters. The van der Waals surface area contributed by atoms with E-state index in [-0.39, 0.29) is 12.5 Å². The van der Waals surface area contributed by atoms with Crippen LogP contribution < -0.4 is 5.32 Å². The second kappa shape index (κ2) is 9.60. The molecule has 2 aromatic carbocycles. The normalized spacial score (nSPS) is 16.3. The first-order chi connectivity index (χ1) is 14.6. The summed E-state index contributed by atoms with van der Waals surface area (Å²) in [5, 5.41) is 3.31. The fourth-order valence-electron chi connectivity index (χ4n) is 3.55. The maximum Gasteiger partial charge on any atom is 0.416 e. The quantitative estimate of drug-likeness (QED) is 0.714. The number of likely N-dealkylation sites (N-methyl/N-ethyl adjacent to an activating group) is 1. The van der Waals surface area contributed by atoms with Crippen molar-refractivity contribution in [1.29, 1.82) is 0 Å². The van der Waals surface area contributed by atoms with Crippen molar-refractivity contribution in [2.45, 2.75) is 38.1 Å². The van der Waals surface area contributed by atoms with E-state index in [1.165, 1.54) is 17.0 Å². The fourth-order valence-corrected chi connectivity index (χ4v) is 3.68. The highest BCUT2D eigenvalue weighted by atomic mass is 35.5. The lowest BCUT2D eigenvalue weighted by atomic mass is 10.1. The van der Waals surface area contributed by atoms with E-state index in [1.54, 1.807) is 24.1 Å². The predicted octanol–water partition coefficient (Wildman–Crippen LogP) is 4.69. The van der Waals surface area contributed by atoms with Crippen LogP contribution in [0.4, 0.5) is 18.0 Å². The number of benzene rings is 2. The van der Waals surface area contributed by atoms with Crippen molar-refractivity contribution in [1.82, 2.24) is 15.1 Å². The van der Waals surface area contributed by atoms with Gasteiger partial charge in [-0.05, 0) is 48.2 Å². The van der Waals surface area contributed by atoms with E-state index in [2.05, 4.69) is 5.32 Å². The molecule has 0 radical (unpaired) electrons. The molecule has 2 aromatic rings. The molecule has 9 heteroatoms. The number of amides is 3. The van der Waals surface area contributed by atoms with Crippen LogP contribution in [0.5, 0.6) is 0 Å². The number of hydrogen-bond donors (Lipinski definition) is 1. The van der Waals surface area contributed by atoms with Crippen molar-refractivity contribution < 1.29 is 22.8 Å². The first-order valence-corrected chi connectivity index (χ1v) is 10.2. The summed E-state index contributed by atoms with van der Waals surface area (Å²) in [7, 11) is 1.69. The van der Waals surface area contributed by atoms with Crippen LogP contribution >= 0.6 is 11.6 Å². The second-order valence-electron chi connectivity index (χ2n) is 7.53. The van der Waals surface area contributed by atoms with Crippen molar-refractivity contribution in [3.63, 3.8) is 0 Å². The standard InChI is InChI=1S/C22H23ClF3N3O2/c1-28(14-16-6-10-18(23)11-7-16)20(30)19-3-2-12-29(19)21(31)27-13-15-4-8-17(9-5-15)22(24,25)26/h4-11,19H,2-3,12-14H2,1H3,(H,27,31). The summed E-state index contributed by atoms with van der Waals surface area (Å²) in [5.74, 6) is -0.155. The van der Waals surface area contributed by atoms with E-state index in [0.29, 0.717) is 36.5 Å². The number of urea groups is 1. The van der Waals surface area contributed by atoms with Crippen molar-refractivity contribution in [2.75, 3.05) is 13.6 Å². The van der Waals surface area contributed by atoms with Gasteiger partial charge in [-0.3, -0.25) is 4.79 Å². The van der Waals surface area contributed by atoms with Crippen LogP contribution in [0.15, 0.2) is 48.5 Å². The Morgan fingerprint density at radius 2 is 1.71 bits per heavy atom. The molecule has 1 fully saturated rings. The molecule has 1 aliphatic heterocycles. The van der Waals surface area contributed by atoms with Gasteiger partial charge >= 0.3 is 12.2 Å². The van der Waals surface area contributed by atoms with Crippen LogP contribution in [0.1, 0.15) is 29.5 Å². The van der Waals surface area contributed by atoms with Gasteiger partial charge in [0.05, 0.1) is 5.56 Å². The number of nitrogens with zero attached hydrogens (tertiary/aromatic N) is 2. The minimum atomic E-state index is -4.40. The third kappa shape index (κ3) is 5.91. The van der Waals surface area contributed by atoms with Gasteiger partial charge in [-0.15, -0.1) is 0 Å². The Kier molecular flexibility index (Phi) is 7.10. The predicted molar refractivity (Wildman–Crippen MR) is 111 cm³/mol. The van der Waals surface area contributed by atoms with Gasteiger partial charge in [-0.2, -0.15) is 13.2 Å². The molecule has 1 heterocycles. The van der Waals surface area contributed by atoms with Crippen LogP contribution in [-0.4, -0.2) is 41.4 Å². The summed E-state index contributed by atoms with van der Waals surface area (Å²) in [6.45, 7) is 0.923. The molecular formula is C22H23ClF3N3O2. The van der Waals surface area contributed by atoms with Gasteiger partial charge in [0.25, 0.3) is 0 Å². The summed E-state index contributed by atoms with van der Waals surface area (Å²) < 4.78 is 38.0. The summed E-state index contributed by atoms with van der Waals surface area (Å²) in [6, 6.07) is 10.8. The maximum absolute atomic E-state index is 12.9. The highest BCUT2D eigenvalue weighted by Crippen LogP contribution is 2.29. The van der Waals surface area contributed by atoms with Crippen LogP contribution in [0.2, 0.25) is 5.02 Å². The largest absolute Gasteiger partial charge is 0.416 e. The van der Waals surface area contributed by atoms with E-state index in [1.807, 2.05) is 12.1 Å².